The molecule has 6 nitrogen and oxygen atoms in total. The summed E-state index contributed by atoms with van der Waals surface area (Å²) in [5.41, 5.74) is 2.90. The lowest BCUT2D eigenvalue weighted by Gasteiger charge is -2.34. The van der Waals surface area contributed by atoms with E-state index in [1.165, 1.54) is 5.56 Å². The van der Waals surface area contributed by atoms with Gasteiger partial charge in [0.1, 0.15) is 5.82 Å². The van der Waals surface area contributed by atoms with Gasteiger partial charge in [0.25, 0.3) is 0 Å². The molecule has 1 saturated heterocycles. The molecule has 3 heterocycles. The minimum Gasteiger partial charge on any atom is -0.354 e. The van der Waals surface area contributed by atoms with E-state index in [2.05, 4.69) is 28.9 Å². The van der Waals surface area contributed by atoms with E-state index in [1.807, 2.05) is 13.0 Å². The van der Waals surface area contributed by atoms with Gasteiger partial charge in [0.05, 0.1) is 5.25 Å². The van der Waals surface area contributed by atoms with Crippen LogP contribution in [0.4, 0.5) is 5.82 Å². The molecule has 1 saturated carbocycles. The van der Waals surface area contributed by atoms with Crippen molar-refractivity contribution in [2.45, 2.75) is 31.9 Å². The van der Waals surface area contributed by atoms with E-state index in [1.54, 1.807) is 4.31 Å². The van der Waals surface area contributed by atoms with Gasteiger partial charge in [0.15, 0.2) is 5.65 Å². The Morgan fingerprint density at radius 3 is 2.42 bits per heavy atom. The molecule has 2 aromatic rings. The highest BCUT2D eigenvalue weighted by molar-refractivity contribution is 7.90. The normalized spacial score (nSPS) is 19.8. The van der Waals surface area contributed by atoms with Gasteiger partial charge in [-0.1, -0.05) is 0 Å². The van der Waals surface area contributed by atoms with Crippen molar-refractivity contribution in [2.75, 3.05) is 31.1 Å². The second kappa shape index (κ2) is 5.67. The zero-order valence-corrected chi connectivity index (χ0v) is 14.9. The van der Waals surface area contributed by atoms with Crippen molar-refractivity contribution in [3.63, 3.8) is 0 Å². The summed E-state index contributed by atoms with van der Waals surface area (Å²) >= 11 is 0. The van der Waals surface area contributed by atoms with Gasteiger partial charge >= 0.3 is 0 Å². The van der Waals surface area contributed by atoms with E-state index in [0.717, 1.165) is 35.4 Å². The van der Waals surface area contributed by atoms with Crippen LogP contribution in [0.5, 0.6) is 0 Å². The van der Waals surface area contributed by atoms with Crippen molar-refractivity contribution in [1.82, 2.24) is 14.3 Å². The molecule has 2 aliphatic rings. The van der Waals surface area contributed by atoms with E-state index in [-0.39, 0.29) is 5.25 Å². The first-order chi connectivity index (χ1) is 11.4. The number of aryl methyl sites for hydroxylation is 2. The third kappa shape index (κ3) is 2.75. The van der Waals surface area contributed by atoms with E-state index in [9.17, 15) is 8.42 Å². The molecule has 0 N–H and O–H groups in total. The molecule has 1 aliphatic carbocycles. The summed E-state index contributed by atoms with van der Waals surface area (Å²) in [6.07, 6.45) is 1.64. The van der Waals surface area contributed by atoms with Crippen LogP contribution in [0.1, 0.15) is 24.1 Å². The lowest BCUT2D eigenvalue weighted by Crippen LogP contribution is -2.49. The predicted octanol–water partition coefficient (Wildman–Crippen LogP) is 1.86. The van der Waals surface area contributed by atoms with Crippen LogP contribution in [-0.4, -0.2) is 54.1 Å². The average Bonchev–Trinajstić information content (AvgIpc) is 3.39. The minimum atomic E-state index is -3.07. The largest absolute Gasteiger partial charge is 0.354 e. The van der Waals surface area contributed by atoms with Crippen molar-refractivity contribution < 1.29 is 8.42 Å². The first-order valence-corrected chi connectivity index (χ1v) is 9.94. The molecule has 0 amide bonds. The van der Waals surface area contributed by atoms with E-state index in [4.69, 9.17) is 4.98 Å². The maximum absolute atomic E-state index is 12.3. The quantitative estimate of drug-likeness (QED) is 0.849. The number of fused-ring (bicyclic) bond motifs is 1. The fourth-order valence-electron chi connectivity index (χ4n) is 3.35. The highest BCUT2D eigenvalue weighted by Gasteiger charge is 2.41. The zero-order valence-electron chi connectivity index (χ0n) is 14.1. The maximum Gasteiger partial charge on any atom is 0.217 e. The minimum absolute atomic E-state index is 0.127. The Hall–Kier alpha value is -1.73. The molecule has 2 fully saturated rings. The monoisotopic (exact) mass is 346 g/mol. The van der Waals surface area contributed by atoms with Crippen LogP contribution in [0, 0.1) is 13.8 Å². The topological polar surface area (TPSA) is 66.4 Å². The van der Waals surface area contributed by atoms with Crippen molar-refractivity contribution in [3.05, 3.63) is 29.5 Å². The standard InChI is InChI=1S/C17H22N4O2S/c1-12-11-13(2)18-17-15(12)5-6-16(19-17)20-7-9-21(10-8-20)24(22,23)14-3-4-14/h5-6,11,14H,3-4,7-10H2,1-2H3. The fourth-order valence-corrected chi connectivity index (χ4v) is 5.17. The van der Waals surface area contributed by atoms with Crippen molar-refractivity contribution in [3.8, 4) is 0 Å². The molecule has 0 bridgehead atoms. The van der Waals surface area contributed by atoms with Gasteiger partial charge in [0, 0.05) is 37.3 Å². The summed E-state index contributed by atoms with van der Waals surface area (Å²) in [5.74, 6) is 0.878. The summed E-state index contributed by atoms with van der Waals surface area (Å²) < 4.78 is 26.3. The number of pyridine rings is 2. The Kier molecular flexibility index (Phi) is 3.73. The second-order valence-corrected chi connectivity index (χ2v) is 8.96. The first kappa shape index (κ1) is 15.8. The molecule has 0 radical (unpaired) electrons. The van der Waals surface area contributed by atoms with Gasteiger partial charge < -0.3 is 4.90 Å². The summed E-state index contributed by atoms with van der Waals surface area (Å²) in [4.78, 5) is 11.4. The maximum atomic E-state index is 12.3. The van der Waals surface area contributed by atoms with Crippen LogP contribution in [-0.2, 0) is 10.0 Å². The lowest BCUT2D eigenvalue weighted by molar-refractivity contribution is 0.383. The average molecular weight is 346 g/mol. The number of piperazine rings is 1. The molecule has 0 unspecified atom stereocenters. The van der Waals surface area contributed by atoms with Crippen LogP contribution in [0.15, 0.2) is 18.2 Å². The SMILES string of the molecule is Cc1cc(C)c2ccc(N3CCN(S(=O)(=O)C4CC4)CC3)nc2n1. The van der Waals surface area contributed by atoms with Gasteiger partial charge in [-0.25, -0.2) is 18.4 Å². The molecular weight excluding hydrogens is 324 g/mol. The third-order valence-electron chi connectivity index (χ3n) is 4.86. The van der Waals surface area contributed by atoms with E-state index >= 15 is 0 Å². The molecule has 1 aliphatic heterocycles. The number of nitrogens with zero attached hydrogens (tertiary/aromatic N) is 4. The molecule has 4 rings (SSSR count). The predicted molar refractivity (Wildman–Crippen MR) is 94.7 cm³/mol. The van der Waals surface area contributed by atoms with Crippen LogP contribution >= 0.6 is 0 Å². The Morgan fingerprint density at radius 2 is 1.75 bits per heavy atom. The number of anilines is 1. The van der Waals surface area contributed by atoms with Crippen LogP contribution < -0.4 is 4.90 Å². The van der Waals surface area contributed by atoms with Crippen LogP contribution in [0.25, 0.3) is 11.0 Å². The van der Waals surface area contributed by atoms with Crippen molar-refractivity contribution in [2.24, 2.45) is 0 Å². The third-order valence-corrected chi connectivity index (χ3v) is 7.26. The number of hydrogen-bond donors (Lipinski definition) is 0. The van der Waals surface area contributed by atoms with E-state index < -0.39 is 10.0 Å². The Morgan fingerprint density at radius 1 is 1.04 bits per heavy atom. The molecule has 128 valence electrons. The van der Waals surface area contributed by atoms with Crippen molar-refractivity contribution in [1.29, 1.82) is 0 Å². The molecule has 7 heteroatoms. The molecule has 2 aromatic heterocycles. The summed E-state index contributed by atoms with van der Waals surface area (Å²) in [6, 6.07) is 6.13. The lowest BCUT2D eigenvalue weighted by atomic mass is 10.1. The van der Waals surface area contributed by atoms with Crippen LogP contribution in [0.3, 0.4) is 0 Å². The summed E-state index contributed by atoms with van der Waals surface area (Å²) in [6.45, 7) is 6.48. The van der Waals surface area contributed by atoms with Crippen LogP contribution in [0.2, 0.25) is 0 Å². The number of rotatable bonds is 3. The van der Waals surface area contributed by atoms with Crippen molar-refractivity contribution >= 4 is 26.9 Å². The summed E-state index contributed by atoms with van der Waals surface area (Å²) in [7, 11) is -3.07. The van der Waals surface area contributed by atoms with Gasteiger partial charge in [-0.3, -0.25) is 0 Å². The highest BCUT2D eigenvalue weighted by atomic mass is 32.2. The molecular formula is C17H22N4O2S. The number of aromatic nitrogens is 2. The summed E-state index contributed by atoms with van der Waals surface area (Å²) in [5, 5.41) is 0.942. The van der Waals surface area contributed by atoms with Gasteiger partial charge in [-0.2, -0.15) is 4.31 Å². The molecule has 24 heavy (non-hydrogen) atoms. The number of hydrogen-bond acceptors (Lipinski definition) is 5. The molecule has 0 spiro atoms. The highest BCUT2D eigenvalue weighted by Crippen LogP contribution is 2.31. The Labute approximate surface area is 142 Å². The smallest absolute Gasteiger partial charge is 0.217 e. The molecule has 0 aromatic carbocycles. The zero-order chi connectivity index (χ0) is 16.9. The first-order valence-electron chi connectivity index (χ1n) is 8.44. The Bertz CT molecular complexity index is 885. The second-order valence-electron chi connectivity index (χ2n) is 6.75. The van der Waals surface area contributed by atoms with Gasteiger partial charge in [0.2, 0.25) is 10.0 Å². The van der Waals surface area contributed by atoms with Gasteiger partial charge in [-0.05, 0) is 50.5 Å². The fraction of sp³-hybridized carbons (Fsp3) is 0.529. The van der Waals surface area contributed by atoms with E-state index in [0.29, 0.717) is 26.2 Å². The van der Waals surface area contributed by atoms with Gasteiger partial charge in [-0.15, -0.1) is 0 Å². The number of sulfonamides is 1. The Balaban J connectivity index is 1.54. The molecule has 0 atom stereocenters.